The van der Waals surface area contributed by atoms with Crippen molar-refractivity contribution in [2.24, 2.45) is 5.92 Å². The number of hydrogen-bond donors (Lipinski definition) is 3. The molecule has 1 aromatic rings. The number of nitrogens with one attached hydrogen (secondary N) is 1. The molecule has 1 atom stereocenters. The minimum absolute atomic E-state index is 0.0235. The number of amides is 1. The highest BCUT2D eigenvalue weighted by atomic mass is 127. The lowest BCUT2D eigenvalue weighted by Crippen LogP contribution is -2.31. The van der Waals surface area contributed by atoms with Gasteiger partial charge in [0.2, 0.25) is 0 Å². The molecule has 1 unspecified atom stereocenters. The van der Waals surface area contributed by atoms with Crippen LogP contribution in [-0.4, -0.2) is 28.6 Å². The highest BCUT2D eigenvalue weighted by Gasteiger charge is 2.17. The maximum atomic E-state index is 11.8. The van der Waals surface area contributed by atoms with E-state index in [1.807, 2.05) is 45.2 Å². The van der Waals surface area contributed by atoms with Crippen LogP contribution in [0.3, 0.4) is 0 Å². The fraction of sp³-hybridized carbons (Fsp3) is 0.273. The van der Waals surface area contributed by atoms with Gasteiger partial charge in [-0.1, -0.05) is 6.92 Å². The second-order valence-corrected chi connectivity index (χ2v) is 6.14. The molecule has 0 bridgehead atoms. The standard InChI is InChI=1S/C11H11I2NO4/c1-5(11(17)18)4-14-10(16)7-2-6(12)3-8(13)9(7)15/h2-3,5,15H,4H2,1H3,(H,14,16)(H,17,18). The molecular weight excluding hydrogens is 464 g/mol. The molecule has 18 heavy (non-hydrogen) atoms. The number of halogens is 2. The number of phenols is 1. The van der Waals surface area contributed by atoms with Gasteiger partial charge in [0.1, 0.15) is 5.75 Å². The van der Waals surface area contributed by atoms with Crippen molar-refractivity contribution in [2.45, 2.75) is 6.92 Å². The van der Waals surface area contributed by atoms with Gasteiger partial charge in [0.05, 0.1) is 15.1 Å². The summed E-state index contributed by atoms with van der Waals surface area (Å²) < 4.78 is 1.40. The Morgan fingerprint density at radius 3 is 2.56 bits per heavy atom. The number of carbonyl (C=O) groups excluding carboxylic acids is 1. The Morgan fingerprint density at radius 1 is 1.39 bits per heavy atom. The second kappa shape index (κ2) is 6.55. The first-order valence-electron chi connectivity index (χ1n) is 5.02. The molecule has 0 saturated carbocycles. The number of carbonyl (C=O) groups is 2. The molecule has 3 N–H and O–H groups in total. The zero-order chi connectivity index (χ0) is 13.9. The van der Waals surface area contributed by atoms with Crippen molar-refractivity contribution in [1.82, 2.24) is 5.32 Å². The average Bonchev–Trinajstić information content (AvgIpc) is 2.29. The summed E-state index contributed by atoms with van der Waals surface area (Å²) in [6, 6.07) is 3.30. The van der Waals surface area contributed by atoms with Crippen LogP contribution in [-0.2, 0) is 4.79 Å². The highest BCUT2D eigenvalue weighted by molar-refractivity contribution is 14.1. The molecule has 0 aliphatic rings. The first-order valence-corrected chi connectivity index (χ1v) is 7.17. The maximum Gasteiger partial charge on any atom is 0.308 e. The van der Waals surface area contributed by atoms with E-state index in [1.165, 1.54) is 6.92 Å². The zero-order valence-corrected chi connectivity index (χ0v) is 13.7. The predicted octanol–water partition coefficient (Wildman–Crippen LogP) is 2.05. The van der Waals surface area contributed by atoms with Gasteiger partial charge in [0.25, 0.3) is 5.91 Å². The molecule has 98 valence electrons. The summed E-state index contributed by atoms with van der Waals surface area (Å²) >= 11 is 3.98. The molecule has 0 aliphatic heterocycles. The van der Waals surface area contributed by atoms with Crippen LogP contribution in [0.4, 0.5) is 0 Å². The second-order valence-electron chi connectivity index (χ2n) is 3.73. The molecule has 1 amide bonds. The number of carboxylic acids is 1. The monoisotopic (exact) mass is 475 g/mol. The van der Waals surface area contributed by atoms with Crippen molar-refractivity contribution in [3.63, 3.8) is 0 Å². The fourth-order valence-electron chi connectivity index (χ4n) is 1.17. The van der Waals surface area contributed by atoms with E-state index in [4.69, 9.17) is 5.11 Å². The summed E-state index contributed by atoms with van der Waals surface area (Å²) in [7, 11) is 0. The lowest BCUT2D eigenvalue weighted by molar-refractivity contribution is -0.140. The molecule has 7 heteroatoms. The van der Waals surface area contributed by atoms with Crippen LogP contribution in [0.5, 0.6) is 5.75 Å². The van der Waals surface area contributed by atoms with E-state index < -0.39 is 17.8 Å². The minimum atomic E-state index is -0.975. The van der Waals surface area contributed by atoms with Crippen LogP contribution >= 0.6 is 45.2 Å². The van der Waals surface area contributed by atoms with Crippen molar-refractivity contribution < 1.29 is 19.8 Å². The molecular formula is C11H11I2NO4. The number of aromatic hydroxyl groups is 1. The molecule has 5 nitrogen and oxygen atoms in total. The third-order valence-electron chi connectivity index (χ3n) is 2.26. The van der Waals surface area contributed by atoms with Crippen LogP contribution in [0.2, 0.25) is 0 Å². The van der Waals surface area contributed by atoms with Gasteiger partial charge in [-0.2, -0.15) is 0 Å². The van der Waals surface area contributed by atoms with Gasteiger partial charge in [-0.25, -0.2) is 0 Å². The summed E-state index contributed by atoms with van der Waals surface area (Å²) in [6.45, 7) is 1.52. The van der Waals surface area contributed by atoms with Gasteiger partial charge in [-0.05, 0) is 57.3 Å². The normalized spacial score (nSPS) is 11.9. The number of aliphatic carboxylic acids is 1. The summed E-state index contributed by atoms with van der Waals surface area (Å²) in [5.74, 6) is -2.21. The lowest BCUT2D eigenvalue weighted by Gasteiger charge is -2.10. The molecule has 1 aromatic carbocycles. The van der Waals surface area contributed by atoms with E-state index in [2.05, 4.69) is 5.32 Å². The Hall–Kier alpha value is -0.580. The van der Waals surface area contributed by atoms with Crippen LogP contribution in [0.25, 0.3) is 0 Å². The molecule has 0 heterocycles. The van der Waals surface area contributed by atoms with Gasteiger partial charge in [-0.15, -0.1) is 0 Å². The highest BCUT2D eigenvalue weighted by Crippen LogP contribution is 2.26. The smallest absolute Gasteiger partial charge is 0.308 e. The van der Waals surface area contributed by atoms with Crippen molar-refractivity contribution in [3.05, 3.63) is 24.8 Å². The van der Waals surface area contributed by atoms with Crippen LogP contribution in [0, 0.1) is 13.1 Å². The van der Waals surface area contributed by atoms with Crippen molar-refractivity contribution >= 4 is 57.1 Å². The van der Waals surface area contributed by atoms with Crippen molar-refractivity contribution in [2.75, 3.05) is 6.54 Å². The largest absolute Gasteiger partial charge is 0.506 e. The van der Waals surface area contributed by atoms with Crippen LogP contribution < -0.4 is 5.32 Å². The number of hydrogen-bond acceptors (Lipinski definition) is 3. The maximum absolute atomic E-state index is 11.8. The van der Waals surface area contributed by atoms with Gasteiger partial charge in [-0.3, -0.25) is 9.59 Å². The SMILES string of the molecule is CC(CNC(=O)c1cc(I)cc(I)c1O)C(=O)O. The molecule has 0 saturated heterocycles. The Kier molecular flexibility index (Phi) is 5.63. The van der Waals surface area contributed by atoms with Crippen LogP contribution in [0.1, 0.15) is 17.3 Å². The number of benzene rings is 1. The number of rotatable bonds is 4. The molecule has 1 rings (SSSR count). The molecule has 0 radical (unpaired) electrons. The summed E-state index contributed by atoms with van der Waals surface area (Å²) in [5.41, 5.74) is 0.156. The summed E-state index contributed by atoms with van der Waals surface area (Å²) in [6.07, 6.45) is 0. The summed E-state index contributed by atoms with van der Waals surface area (Å²) in [4.78, 5) is 22.4. The Morgan fingerprint density at radius 2 is 2.00 bits per heavy atom. The van der Waals surface area contributed by atoms with E-state index in [0.717, 1.165) is 3.57 Å². The van der Waals surface area contributed by atoms with Gasteiger partial charge >= 0.3 is 5.97 Å². The molecule has 0 spiro atoms. The topological polar surface area (TPSA) is 86.6 Å². The third-order valence-corrected chi connectivity index (χ3v) is 3.71. The van der Waals surface area contributed by atoms with E-state index >= 15 is 0 Å². The summed E-state index contributed by atoms with van der Waals surface area (Å²) in [5, 5.41) is 21.0. The Bertz CT molecular complexity index is 490. The first-order chi connectivity index (χ1) is 8.32. The Labute approximate surface area is 131 Å². The Balaban J connectivity index is 2.82. The molecule has 0 fully saturated rings. The average molecular weight is 475 g/mol. The van der Waals surface area contributed by atoms with Crippen LogP contribution in [0.15, 0.2) is 12.1 Å². The number of phenolic OH excluding ortho intramolecular Hbond substituents is 1. The van der Waals surface area contributed by atoms with Gasteiger partial charge in [0.15, 0.2) is 0 Å². The van der Waals surface area contributed by atoms with E-state index in [1.54, 1.807) is 12.1 Å². The minimum Gasteiger partial charge on any atom is -0.506 e. The zero-order valence-electron chi connectivity index (χ0n) is 9.41. The molecule has 0 aromatic heterocycles. The molecule has 0 aliphatic carbocycles. The van der Waals surface area contributed by atoms with Crippen molar-refractivity contribution in [1.29, 1.82) is 0 Å². The number of carboxylic acid groups (broad SMARTS) is 1. The van der Waals surface area contributed by atoms with E-state index in [-0.39, 0.29) is 17.9 Å². The van der Waals surface area contributed by atoms with E-state index in [9.17, 15) is 14.7 Å². The lowest BCUT2D eigenvalue weighted by atomic mass is 10.1. The third kappa shape index (κ3) is 3.97. The van der Waals surface area contributed by atoms with Crippen molar-refractivity contribution in [3.8, 4) is 5.75 Å². The fourth-order valence-corrected chi connectivity index (χ4v) is 3.01. The van der Waals surface area contributed by atoms with Gasteiger partial charge < -0.3 is 15.5 Å². The quantitative estimate of drug-likeness (QED) is 0.583. The first kappa shape index (κ1) is 15.5. The van der Waals surface area contributed by atoms with Gasteiger partial charge in [0, 0.05) is 10.1 Å². The van der Waals surface area contributed by atoms with E-state index in [0.29, 0.717) is 3.57 Å². The predicted molar refractivity (Wildman–Crippen MR) is 82.7 cm³/mol.